The molecule has 102 valence electrons. The molecule has 0 saturated carbocycles. The number of aromatic nitrogens is 3. The number of aromatic amines is 1. The van der Waals surface area contributed by atoms with E-state index in [1.165, 1.54) is 0 Å². The first-order valence-corrected chi connectivity index (χ1v) is 6.92. The Hall–Kier alpha value is -2.42. The van der Waals surface area contributed by atoms with E-state index in [0.717, 1.165) is 5.56 Å². The highest BCUT2D eigenvalue weighted by molar-refractivity contribution is 7.71. The fraction of sp³-hybridized carbons (Fsp3) is 0. The van der Waals surface area contributed by atoms with E-state index < -0.39 is 0 Å². The quantitative estimate of drug-likeness (QED) is 0.724. The largest absolute Gasteiger partial charge is 0.267 e. The first-order chi connectivity index (χ1) is 10.2. The summed E-state index contributed by atoms with van der Waals surface area (Å²) >= 11 is 11.6. The van der Waals surface area contributed by atoms with Crippen molar-refractivity contribution in [1.82, 2.24) is 14.8 Å². The summed E-state index contributed by atoms with van der Waals surface area (Å²) in [5.41, 5.74) is 2.05. The molecular formula is C15H9ClN4S. The maximum atomic E-state index is 9.05. The summed E-state index contributed by atoms with van der Waals surface area (Å²) in [5, 5.41) is 16.6. The van der Waals surface area contributed by atoms with Crippen molar-refractivity contribution in [1.29, 1.82) is 5.26 Å². The van der Waals surface area contributed by atoms with Gasteiger partial charge in [0.2, 0.25) is 0 Å². The van der Waals surface area contributed by atoms with Crippen LogP contribution in [0.25, 0.3) is 17.1 Å². The average molecular weight is 313 g/mol. The fourth-order valence-electron chi connectivity index (χ4n) is 2.05. The van der Waals surface area contributed by atoms with Gasteiger partial charge in [-0.2, -0.15) is 10.4 Å². The summed E-state index contributed by atoms with van der Waals surface area (Å²) in [6.07, 6.45) is 0. The minimum absolute atomic E-state index is 0.422. The van der Waals surface area contributed by atoms with Crippen molar-refractivity contribution in [2.75, 3.05) is 0 Å². The lowest BCUT2D eigenvalue weighted by Crippen LogP contribution is -1.99. The van der Waals surface area contributed by atoms with Gasteiger partial charge in [0.1, 0.15) is 0 Å². The summed E-state index contributed by atoms with van der Waals surface area (Å²) in [4.78, 5) is 0. The molecule has 1 heterocycles. The molecule has 0 aliphatic carbocycles. The third kappa shape index (κ3) is 2.47. The lowest BCUT2D eigenvalue weighted by atomic mass is 10.2. The van der Waals surface area contributed by atoms with Crippen LogP contribution in [-0.4, -0.2) is 14.8 Å². The number of nitriles is 1. The van der Waals surface area contributed by atoms with Crippen LogP contribution in [0.2, 0.25) is 5.02 Å². The van der Waals surface area contributed by atoms with Gasteiger partial charge in [-0.1, -0.05) is 41.9 Å². The zero-order valence-corrected chi connectivity index (χ0v) is 12.3. The monoisotopic (exact) mass is 312 g/mol. The Kier molecular flexibility index (Phi) is 3.57. The molecule has 21 heavy (non-hydrogen) atoms. The lowest BCUT2D eigenvalue weighted by Gasteiger charge is -2.09. The summed E-state index contributed by atoms with van der Waals surface area (Å²) in [5.74, 6) is 0.651. The Morgan fingerprint density at radius 1 is 1.19 bits per heavy atom. The third-order valence-electron chi connectivity index (χ3n) is 3.02. The topological polar surface area (TPSA) is 57.4 Å². The zero-order chi connectivity index (χ0) is 14.8. The molecule has 0 aliphatic heterocycles. The van der Waals surface area contributed by atoms with E-state index in [-0.39, 0.29) is 0 Å². The molecule has 1 N–H and O–H groups in total. The van der Waals surface area contributed by atoms with Crippen LogP contribution in [0.1, 0.15) is 5.56 Å². The van der Waals surface area contributed by atoms with Crippen molar-refractivity contribution in [2.45, 2.75) is 0 Å². The number of hydrogen-bond donors (Lipinski definition) is 1. The van der Waals surface area contributed by atoms with Crippen LogP contribution in [0.4, 0.5) is 0 Å². The molecular weight excluding hydrogens is 304 g/mol. The third-order valence-corrected chi connectivity index (χ3v) is 3.61. The minimum Gasteiger partial charge on any atom is -0.267 e. The second-order valence-electron chi connectivity index (χ2n) is 4.33. The van der Waals surface area contributed by atoms with E-state index in [0.29, 0.717) is 26.9 Å². The minimum atomic E-state index is 0.422. The van der Waals surface area contributed by atoms with Crippen molar-refractivity contribution >= 4 is 23.8 Å². The molecule has 6 heteroatoms. The van der Waals surface area contributed by atoms with Gasteiger partial charge in [0.15, 0.2) is 10.6 Å². The smallest absolute Gasteiger partial charge is 0.200 e. The van der Waals surface area contributed by atoms with Crippen molar-refractivity contribution < 1.29 is 0 Å². The van der Waals surface area contributed by atoms with Gasteiger partial charge in [-0.05, 0) is 30.4 Å². The van der Waals surface area contributed by atoms with E-state index in [4.69, 9.17) is 29.1 Å². The SMILES string of the molecule is N#Cc1ccc(Cl)c(-n2c(-c3ccccc3)n[nH]c2=S)c1. The maximum absolute atomic E-state index is 9.05. The first-order valence-electron chi connectivity index (χ1n) is 6.13. The Bertz CT molecular complexity index is 890. The van der Waals surface area contributed by atoms with Crippen LogP contribution in [0.5, 0.6) is 0 Å². The Balaban J connectivity index is 2.28. The van der Waals surface area contributed by atoms with Gasteiger partial charge in [0, 0.05) is 5.56 Å². The number of H-pyrrole nitrogens is 1. The van der Waals surface area contributed by atoms with Crippen LogP contribution in [0.15, 0.2) is 48.5 Å². The molecule has 0 unspecified atom stereocenters. The van der Waals surface area contributed by atoms with Gasteiger partial charge in [0.25, 0.3) is 0 Å². The number of benzene rings is 2. The van der Waals surface area contributed by atoms with E-state index in [2.05, 4.69) is 16.3 Å². The molecule has 0 aliphatic rings. The summed E-state index contributed by atoms with van der Waals surface area (Å²) < 4.78 is 2.15. The van der Waals surface area contributed by atoms with Gasteiger partial charge in [-0.3, -0.25) is 9.67 Å². The molecule has 1 aromatic heterocycles. The van der Waals surface area contributed by atoms with Crippen molar-refractivity contribution in [3.05, 3.63) is 63.9 Å². The van der Waals surface area contributed by atoms with E-state index in [9.17, 15) is 0 Å². The number of nitrogens with one attached hydrogen (secondary N) is 1. The van der Waals surface area contributed by atoms with Gasteiger partial charge >= 0.3 is 0 Å². The Morgan fingerprint density at radius 2 is 1.95 bits per heavy atom. The predicted octanol–water partition coefficient (Wildman–Crippen LogP) is 4.12. The van der Waals surface area contributed by atoms with E-state index in [1.54, 1.807) is 22.8 Å². The highest BCUT2D eigenvalue weighted by Crippen LogP contribution is 2.27. The summed E-state index contributed by atoms with van der Waals surface area (Å²) in [6.45, 7) is 0. The van der Waals surface area contributed by atoms with Gasteiger partial charge in [-0.15, -0.1) is 0 Å². The molecule has 0 spiro atoms. The highest BCUT2D eigenvalue weighted by atomic mass is 35.5. The molecule has 3 aromatic rings. The zero-order valence-electron chi connectivity index (χ0n) is 10.7. The van der Waals surface area contributed by atoms with Crippen LogP contribution < -0.4 is 0 Å². The van der Waals surface area contributed by atoms with Crippen LogP contribution in [-0.2, 0) is 0 Å². The molecule has 0 radical (unpaired) electrons. The lowest BCUT2D eigenvalue weighted by molar-refractivity contribution is 1.03. The van der Waals surface area contributed by atoms with Crippen molar-refractivity contribution in [3.63, 3.8) is 0 Å². The normalized spacial score (nSPS) is 10.3. The Labute approximate surface area is 131 Å². The number of nitrogens with zero attached hydrogens (tertiary/aromatic N) is 3. The summed E-state index contributed by atoms with van der Waals surface area (Å²) in [7, 11) is 0. The second-order valence-corrected chi connectivity index (χ2v) is 5.13. The predicted molar refractivity (Wildman–Crippen MR) is 83.9 cm³/mol. The molecule has 3 rings (SSSR count). The molecule has 0 fully saturated rings. The standard InChI is InChI=1S/C15H9ClN4S/c16-12-7-6-10(9-17)8-13(12)20-14(18-19-15(20)21)11-4-2-1-3-5-11/h1-8H,(H,19,21). The van der Waals surface area contributed by atoms with E-state index in [1.807, 2.05) is 30.3 Å². The average Bonchev–Trinajstić information content (AvgIpc) is 2.90. The molecule has 0 atom stereocenters. The summed E-state index contributed by atoms with van der Waals surface area (Å²) in [6, 6.07) is 16.8. The van der Waals surface area contributed by atoms with Crippen molar-refractivity contribution in [2.24, 2.45) is 0 Å². The van der Waals surface area contributed by atoms with Crippen molar-refractivity contribution in [3.8, 4) is 23.1 Å². The fourth-order valence-corrected chi connectivity index (χ4v) is 2.49. The molecule has 0 saturated heterocycles. The Morgan fingerprint density at radius 3 is 2.67 bits per heavy atom. The second kappa shape index (κ2) is 5.52. The van der Waals surface area contributed by atoms with E-state index >= 15 is 0 Å². The van der Waals surface area contributed by atoms with Gasteiger partial charge < -0.3 is 0 Å². The molecule has 4 nitrogen and oxygen atoms in total. The molecule has 0 amide bonds. The van der Waals surface area contributed by atoms with Gasteiger partial charge in [0.05, 0.1) is 22.3 Å². The highest BCUT2D eigenvalue weighted by Gasteiger charge is 2.13. The number of halogens is 1. The maximum Gasteiger partial charge on any atom is 0.200 e. The van der Waals surface area contributed by atoms with Gasteiger partial charge in [-0.25, -0.2) is 0 Å². The molecule has 0 bridgehead atoms. The van der Waals surface area contributed by atoms with Crippen LogP contribution in [0.3, 0.4) is 0 Å². The first kappa shape index (κ1) is 13.6. The van der Waals surface area contributed by atoms with Crippen LogP contribution in [0, 0.1) is 16.1 Å². The number of rotatable bonds is 2. The number of hydrogen-bond acceptors (Lipinski definition) is 3. The molecule has 2 aromatic carbocycles. The van der Waals surface area contributed by atoms with Crippen LogP contribution >= 0.6 is 23.8 Å².